The van der Waals surface area contributed by atoms with Crippen LogP contribution in [0.5, 0.6) is 11.5 Å². The van der Waals surface area contributed by atoms with Crippen LogP contribution in [-0.4, -0.2) is 34.7 Å². The average molecular weight is 410 g/mol. The molecule has 6 nitrogen and oxygen atoms in total. The number of amides is 1. The largest absolute Gasteiger partial charge is 0.486 e. The van der Waals surface area contributed by atoms with Gasteiger partial charge in [-0.15, -0.1) is 11.8 Å². The minimum absolute atomic E-state index is 0.0760. The fourth-order valence-corrected chi connectivity index (χ4v) is 3.78. The van der Waals surface area contributed by atoms with Crippen LogP contribution in [0.3, 0.4) is 0 Å². The highest BCUT2D eigenvalue weighted by molar-refractivity contribution is 8.00. The van der Waals surface area contributed by atoms with Gasteiger partial charge in [0.15, 0.2) is 11.5 Å². The number of anilines is 1. The summed E-state index contributed by atoms with van der Waals surface area (Å²) in [6.07, 6.45) is 2.72. The number of thioether (sulfide) groups is 1. The second kappa shape index (κ2) is 9.05. The van der Waals surface area contributed by atoms with Crippen molar-refractivity contribution in [1.82, 2.24) is 9.78 Å². The van der Waals surface area contributed by atoms with Crippen LogP contribution < -0.4 is 14.8 Å². The lowest BCUT2D eigenvalue weighted by Crippen LogP contribution is -2.18. The number of hydrogen-bond acceptors (Lipinski definition) is 5. The van der Waals surface area contributed by atoms with Crippen molar-refractivity contribution in [2.24, 2.45) is 0 Å². The van der Waals surface area contributed by atoms with Crippen LogP contribution in [0.15, 0.2) is 59.6 Å². The number of rotatable bonds is 7. The Morgan fingerprint density at radius 1 is 1.07 bits per heavy atom. The number of benzene rings is 2. The van der Waals surface area contributed by atoms with Gasteiger partial charge >= 0.3 is 0 Å². The zero-order valence-corrected chi connectivity index (χ0v) is 17.1. The van der Waals surface area contributed by atoms with Gasteiger partial charge in [0, 0.05) is 11.0 Å². The first-order valence-electron chi connectivity index (χ1n) is 9.63. The molecule has 0 spiro atoms. The molecule has 0 radical (unpaired) electrons. The maximum atomic E-state index is 12.4. The molecule has 1 amide bonds. The molecule has 0 bridgehead atoms. The highest BCUT2D eigenvalue weighted by atomic mass is 32.2. The molecule has 0 aliphatic carbocycles. The fourth-order valence-electron chi connectivity index (χ4n) is 3.06. The molecule has 29 heavy (non-hydrogen) atoms. The summed E-state index contributed by atoms with van der Waals surface area (Å²) in [5, 5.41) is 7.29. The Kier molecular flexibility index (Phi) is 6.05. The van der Waals surface area contributed by atoms with Crippen LogP contribution >= 0.6 is 11.8 Å². The number of nitrogens with zero attached hydrogens (tertiary/aromatic N) is 2. The van der Waals surface area contributed by atoms with E-state index < -0.39 is 0 Å². The molecule has 150 valence electrons. The summed E-state index contributed by atoms with van der Waals surface area (Å²) in [7, 11) is 0. The van der Waals surface area contributed by atoms with Gasteiger partial charge < -0.3 is 14.8 Å². The Morgan fingerprint density at radius 3 is 2.62 bits per heavy atom. The molecule has 1 aliphatic heterocycles. The lowest BCUT2D eigenvalue weighted by molar-refractivity contribution is -0.113. The predicted octanol–water partition coefficient (Wildman–Crippen LogP) is 4.00. The van der Waals surface area contributed by atoms with Gasteiger partial charge in [-0.1, -0.05) is 31.2 Å². The monoisotopic (exact) mass is 409 g/mol. The Labute approximate surface area is 174 Å². The molecule has 0 atom stereocenters. The standard InChI is InChI=1S/C22H23N3O3S/c1-2-16-3-5-17(6-4-16)14-25-21(9-10-23-25)24-22(26)15-29-18-7-8-19-20(13-18)28-12-11-27-19/h3-10,13H,2,11-12,14-15H2,1H3,(H,24,26). The third-order valence-corrected chi connectivity index (χ3v) is 5.62. The second-order valence-electron chi connectivity index (χ2n) is 6.69. The normalized spacial score (nSPS) is 12.6. The van der Waals surface area contributed by atoms with Crippen molar-refractivity contribution >= 4 is 23.5 Å². The van der Waals surface area contributed by atoms with E-state index in [2.05, 4.69) is 41.6 Å². The van der Waals surface area contributed by atoms with Crippen LogP contribution in [0.1, 0.15) is 18.1 Å². The molecular formula is C22H23N3O3S. The van der Waals surface area contributed by atoms with Gasteiger partial charge in [0.25, 0.3) is 0 Å². The Bertz CT molecular complexity index is 985. The summed E-state index contributed by atoms with van der Waals surface area (Å²) in [5.74, 6) is 2.40. The van der Waals surface area contributed by atoms with Crippen LogP contribution in [-0.2, 0) is 17.8 Å². The molecule has 4 rings (SSSR count). The lowest BCUT2D eigenvalue weighted by Gasteiger charge is -2.18. The first-order chi connectivity index (χ1) is 14.2. The van der Waals surface area contributed by atoms with Crippen LogP contribution in [0.25, 0.3) is 0 Å². The van der Waals surface area contributed by atoms with E-state index in [-0.39, 0.29) is 5.91 Å². The summed E-state index contributed by atoms with van der Waals surface area (Å²) in [6.45, 7) is 3.87. The van der Waals surface area contributed by atoms with E-state index in [1.54, 1.807) is 10.9 Å². The van der Waals surface area contributed by atoms with Crippen molar-refractivity contribution in [3.63, 3.8) is 0 Å². The molecule has 3 aromatic rings. The maximum absolute atomic E-state index is 12.4. The number of aryl methyl sites for hydroxylation is 1. The molecule has 7 heteroatoms. The van der Waals surface area contributed by atoms with Gasteiger partial charge in [0.05, 0.1) is 18.5 Å². The van der Waals surface area contributed by atoms with Gasteiger partial charge in [-0.05, 0) is 35.7 Å². The van der Waals surface area contributed by atoms with Crippen molar-refractivity contribution in [2.75, 3.05) is 24.3 Å². The van der Waals surface area contributed by atoms with Crippen LogP contribution in [0.2, 0.25) is 0 Å². The lowest BCUT2D eigenvalue weighted by atomic mass is 10.1. The first-order valence-corrected chi connectivity index (χ1v) is 10.6. The summed E-state index contributed by atoms with van der Waals surface area (Å²) < 4.78 is 12.9. The van der Waals surface area contributed by atoms with E-state index >= 15 is 0 Å². The predicted molar refractivity (Wildman–Crippen MR) is 114 cm³/mol. The van der Waals surface area contributed by atoms with Gasteiger partial charge in [-0.3, -0.25) is 4.79 Å². The molecule has 1 N–H and O–H groups in total. The van der Waals surface area contributed by atoms with Crippen molar-refractivity contribution < 1.29 is 14.3 Å². The maximum Gasteiger partial charge on any atom is 0.235 e. The molecule has 0 saturated heterocycles. The van der Waals surface area contributed by atoms with Crippen molar-refractivity contribution in [3.05, 3.63) is 65.9 Å². The minimum atomic E-state index is -0.0760. The van der Waals surface area contributed by atoms with E-state index in [4.69, 9.17) is 9.47 Å². The van der Waals surface area contributed by atoms with Crippen LogP contribution in [0.4, 0.5) is 5.82 Å². The quantitative estimate of drug-likeness (QED) is 0.598. The van der Waals surface area contributed by atoms with Crippen molar-refractivity contribution in [3.8, 4) is 11.5 Å². The molecule has 1 aromatic heterocycles. The van der Waals surface area contributed by atoms with Crippen molar-refractivity contribution in [2.45, 2.75) is 24.8 Å². The highest BCUT2D eigenvalue weighted by Gasteiger charge is 2.13. The summed E-state index contributed by atoms with van der Waals surface area (Å²) in [6, 6.07) is 16.0. The fraction of sp³-hybridized carbons (Fsp3) is 0.273. The third-order valence-electron chi connectivity index (χ3n) is 4.63. The van der Waals surface area contributed by atoms with E-state index in [0.717, 1.165) is 28.4 Å². The minimum Gasteiger partial charge on any atom is -0.486 e. The summed E-state index contributed by atoms with van der Waals surface area (Å²) >= 11 is 1.46. The molecule has 0 unspecified atom stereocenters. The average Bonchev–Trinajstić information content (AvgIpc) is 3.19. The zero-order valence-electron chi connectivity index (χ0n) is 16.3. The number of nitrogens with one attached hydrogen (secondary N) is 1. The number of ether oxygens (including phenoxy) is 2. The SMILES string of the molecule is CCc1ccc(Cn2nccc2NC(=O)CSc2ccc3c(c2)OCCO3)cc1. The van der Waals surface area contributed by atoms with Gasteiger partial charge in [0.2, 0.25) is 5.91 Å². The van der Waals surface area contributed by atoms with Crippen molar-refractivity contribution in [1.29, 1.82) is 0 Å². The Hall–Kier alpha value is -2.93. The molecule has 0 fully saturated rings. The van der Waals surface area contributed by atoms with Gasteiger partial charge in [-0.25, -0.2) is 4.68 Å². The van der Waals surface area contributed by atoms with E-state index in [1.165, 1.54) is 17.3 Å². The topological polar surface area (TPSA) is 65.4 Å². The number of aromatic nitrogens is 2. The summed E-state index contributed by atoms with van der Waals surface area (Å²) in [5.41, 5.74) is 2.45. The zero-order chi connectivity index (χ0) is 20.1. The second-order valence-corrected chi connectivity index (χ2v) is 7.74. The highest BCUT2D eigenvalue weighted by Crippen LogP contribution is 2.34. The van der Waals surface area contributed by atoms with Gasteiger partial charge in [-0.2, -0.15) is 5.10 Å². The smallest absolute Gasteiger partial charge is 0.235 e. The number of carbonyl (C=O) groups excluding carboxylic acids is 1. The first kappa shape index (κ1) is 19.4. The van der Waals surface area contributed by atoms with E-state index in [9.17, 15) is 4.79 Å². The number of hydrogen-bond donors (Lipinski definition) is 1. The van der Waals surface area contributed by atoms with Gasteiger partial charge in [0.1, 0.15) is 19.0 Å². The summed E-state index contributed by atoms with van der Waals surface area (Å²) in [4.78, 5) is 13.4. The number of carbonyl (C=O) groups is 1. The van der Waals surface area contributed by atoms with E-state index in [0.29, 0.717) is 31.3 Å². The number of fused-ring (bicyclic) bond motifs is 1. The molecule has 2 heterocycles. The Balaban J connectivity index is 1.33. The Morgan fingerprint density at radius 2 is 1.83 bits per heavy atom. The molecule has 0 saturated carbocycles. The molecule has 1 aliphatic rings. The van der Waals surface area contributed by atoms with Crippen LogP contribution in [0, 0.1) is 0 Å². The molecule has 2 aromatic carbocycles. The van der Waals surface area contributed by atoms with E-state index in [1.807, 2.05) is 24.3 Å². The third kappa shape index (κ3) is 4.92. The molecular weight excluding hydrogens is 386 g/mol.